The molecule has 0 aliphatic heterocycles. The van der Waals surface area contributed by atoms with Gasteiger partial charge in [0.1, 0.15) is 23.0 Å². The third kappa shape index (κ3) is 6.83. The summed E-state index contributed by atoms with van der Waals surface area (Å²) in [5.41, 5.74) is 0.482. The van der Waals surface area contributed by atoms with Crippen molar-refractivity contribution in [2.24, 2.45) is 0 Å². The molecule has 0 fully saturated rings. The van der Waals surface area contributed by atoms with Crippen LogP contribution in [0.1, 0.15) is 22.3 Å². The lowest BCUT2D eigenvalue weighted by molar-refractivity contribution is -0.288. The van der Waals surface area contributed by atoms with Crippen molar-refractivity contribution in [1.82, 2.24) is 0 Å². The molecule has 4 rings (SSSR count). The molecule has 4 aromatic rings. The van der Waals surface area contributed by atoms with Crippen molar-refractivity contribution in [3.05, 3.63) is 107 Å². The zero-order valence-electron chi connectivity index (χ0n) is 22.1. The summed E-state index contributed by atoms with van der Waals surface area (Å²) >= 11 is 0. The normalized spacial score (nSPS) is 13.1. The molecule has 0 spiro atoms. The second-order valence-corrected chi connectivity index (χ2v) is 9.58. The lowest BCUT2D eigenvalue weighted by Crippen LogP contribution is -2.54. The Kier molecular flexibility index (Phi) is 8.33. The van der Waals surface area contributed by atoms with Crippen molar-refractivity contribution in [3.63, 3.8) is 0 Å². The fourth-order valence-corrected chi connectivity index (χ4v) is 4.49. The third-order valence-electron chi connectivity index (χ3n) is 6.41. The molecule has 4 aromatic carbocycles. The van der Waals surface area contributed by atoms with Gasteiger partial charge in [-0.2, -0.15) is 52.7 Å². The molecule has 0 saturated carbocycles. The molecule has 0 radical (unpaired) electrons. The highest BCUT2D eigenvalue weighted by Gasteiger charge is 2.72. The number of hydrogen-bond donors (Lipinski definition) is 2. The highest BCUT2D eigenvalue weighted by molar-refractivity contribution is 5.52. The highest BCUT2D eigenvalue weighted by atomic mass is 19.4. The van der Waals surface area contributed by atoms with E-state index in [4.69, 9.17) is 20.9 Å². The maximum absolute atomic E-state index is 14.5. The van der Waals surface area contributed by atoms with E-state index < -0.39 is 75.4 Å². The van der Waals surface area contributed by atoms with E-state index in [2.05, 4.69) is 0 Å². The summed E-state index contributed by atoms with van der Waals surface area (Å²) in [6, 6.07) is 8.81. The summed E-state index contributed by atoms with van der Waals surface area (Å²) in [6.45, 7) is 0. The van der Waals surface area contributed by atoms with Gasteiger partial charge < -0.3 is 20.9 Å². The Morgan fingerprint density at radius 2 is 0.689 bits per heavy atom. The molecule has 45 heavy (non-hydrogen) atoms. The fourth-order valence-electron chi connectivity index (χ4n) is 4.49. The minimum absolute atomic E-state index is 0.367. The molecule has 0 atom stereocenters. The molecule has 240 valence electrons. The van der Waals surface area contributed by atoms with Crippen LogP contribution in [-0.2, 0) is 17.8 Å². The lowest BCUT2D eigenvalue weighted by atomic mass is 9.73. The summed E-state index contributed by atoms with van der Waals surface area (Å²) in [6.07, 6.45) is -21.6. The molecule has 0 aliphatic carbocycles. The zero-order valence-corrected chi connectivity index (χ0v) is 22.1. The molecule has 0 saturated heterocycles. The lowest BCUT2D eigenvalue weighted by Gasteiger charge is -2.38. The molecule has 0 aromatic heterocycles. The molecule has 4 nitrogen and oxygen atoms in total. The molecule has 0 bridgehead atoms. The van der Waals surface area contributed by atoms with E-state index in [9.17, 15) is 52.7 Å². The quantitative estimate of drug-likeness (QED) is 0.160. The van der Waals surface area contributed by atoms with Crippen LogP contribution in [0.25, 0.3) is 0 Å². The minimum Gasteiger partial charge on any atom is -0.457 e. The van der Waals surface area contributed by atoms with Gasteiger partial charge in [0, 0.05) is 23.5 Å². The Morgan fingerprint density at radius 3 is 0.956 bits per heavy atom. The summed E-state index contributed by atoms with van der Waals surface area (Å²) in [5, 5.41) is 0. The van der Waals surface area contributed by atoms with Crippen molar-refractivity contribution >= 4 is 11.4 Å². The first-order chi connectivity index (χ1) is 20.6. The predicted octanol–water partition coefficient (Wildman–Crippen LogP) is 9.88. The largest absolute Gasteiger partial charge is 0.457 e. The summed E-state index contributed by atoms with van der Waals surface area (Å²) in [4.78, 5) is 0. The van der Waals surface area contributed by atoms with E-state index in [1.807, 2.05) is 0 Å². The van der Waals surface area contributed by atoms with E-state index >= 15 is 0 Å². The average molecular weight is 654 g/mol. The van der Waals surface area contributed by atoms with Crippen molar-refractivity contribution < 1.29 is 62.2 Å². The molecule has 16 heteroatoms. The van der Waals surface area contributed by atoms with Gasteiger partial charge in [0.2, 0.25) is 5.41 Å². The average Bonchev–Trinajstić information content (AvgIpc) is 2.88. The van der Waals surface area contributed by atoms with Gasteiger partial charge in [-0.15, -0.1) is 0 Å². The molecule has 0 amide bonds. The summed E-state index contributed by atoms with van der Waals surface area (Å²) in [7, 11) is 0. The van der Waals surface area contributed by atoms with Gasteiger partial charge in [-0.1, -0.05) is 24.3 Å². The number of alkyl halides is 12. The predicted molar refractivity (Wildman–Crippen MR) is 138 cm³/mol. The first-order valence-corrected chi connectivity index (χ1v) is 12.3. The summed E-state index contributed by atoms with van der Waals surface area (Å²) in [5.74, 6) is -1.77. The molecule has 0 aliphatic rings. The number of nitrogen functional groups attached to an aromatic ring is 2. The maximum atomic E-state index is 14.5. The van der Waals surface area contributed by atoms with Gasteiger partial charge in [-0.25, -0.2) is 0 Å². The first-order valence-electron chi connectivity index (χ1n) is 12.3. The molecule has 0 heterocycles. The topological polar surface area (TPSA) is 70.5 Å². The standard InChI is InChI=1S/C29H18F12N2O2/c30-26(31,32)17-9-19(42)13-23(11-17)44-21-5-1-15(2-6-21)25(28(36,37)38,29(39,40)41)16-3-7-22(8-4-16)45-24-12-18(27(33,34)35)10-20(43)14-24/h1-14H,42-43H2. The van der Waals surface area contributed by atoms with Gasteiger partial charge in [-0.05, 0) is 59.7 Å². The minimum atomic E-state index is -6.00. The summed E-state index contributed by atoms with van der Waals surface area (Å²) < 4.78 is 176. The van der Waals surface area contributed by atoms with Crippen LogP contribution in [0.4, 0.5) is 64.1 Å². The van der Waals surface area contributed by atoms with E-state index in [0.29, 0.717) is 72.8 Å². The smallest absolute Gasteiger partial charge is 0.416 e. The van der Waals surface area contributed by atoms with Crippen LogP contribution in [0.2, 0.25) is 0 Å². The first kappa shape index (κ1) is 33.1. The Labute approximate surface area is 245 Å². The molecular weight excluding hydrogens is 636 g/mol. The van der Waals surface area contributed by atoms with Crippen molar-refractivity contribution in [2.45, 2.75) is 30.1 Å². The van der Waals surface area contributed by atoms with Gasteiger partial charge in [0.15, 0.2) is 0 Å². The second kappa shape index (κ2) is 11.3. The van der Waals surface area contributed by atoms with Crippen LogP contribution in [0.5, 0.6) is 23.0 Å². The maximum Gasteiger partial charge on any atom is 0.416 e. The van der Waals surface area contributed by atoms with Gasteiger partial charge in [0.25, 0.3) is 0 Å². The molecule has 0 unspecified atom stereocenters. The molecular formula is C29H18F12N2O2. The van der Waals surface area contributed by atoms with E-state index in [0.717, 1.165) is 12.1 Å². The Bertz CT molecular complexity index is 1530. The number of halogens is 12. The highest BCUT2D eigenvalue weighted by Crippen LogP contribution is 2.56. The Balaban J connectivity index is 1.72. The van der Waals surface area contributed by atoms with Crippen molar-refractivity contribution in [2.75, 3.05) is 11.5 Å². The third-order valence-corrected chi connectivity index (χ3v) is 6.41. The van der Waals surface area contributed by atoms with Crippen LogP contribution in [0, 0.1) is 0 Å². The van der Waals surface area contributed by atoms with Gasteiger partial charge in [0.05, 0.1) is 11.1 Å². The number of hydrogen-bond acceptors (Lipinski definition) is 4. The van der Waals surface area contributed by atoms with Crippen molar-refractivity contribution in [3.8, 4) is 23.0 Å². The molecule has 4 N–H and O–H groups in total. The van der Waals surface area contributed by atoms with Crippen LogP contribution in [-0.4, -0.2) is 12.4 Å². The number of nitrogens with two attached hydrogens (primary N) is 2. The monoisotopic (exact) mass is 654 g/mol. The van der Waals surface area contributed by atoms with Gasteiger partial charge >= 0.3 is 24.7 Å². The van der Waals surface area contributed by atoms with Crippen molar-refractivity contribution in [1.29, 1.82) is 0 Å². The van der Waals surface area contributed by atoms with E-state index in [1.54, 1.807) is 0 Å². The number of ether oxygens (including phenoxy) is 2. The SMILES string of the molecule is Nc1cc(Oc2ccc(C(c3ccc(Oc4cc(N)cc(C(F)(F)F)c4)cc3)(C(F)(F)F)C(F)(F)F)cc2)cc(C(F)(F)F)c1. The zero-order chi connectivity index (χ0) is 33.6. The number of rotatable bonds is 6. The Hall–Kier alpha value is -4.76. The van der Waals surface area contributed by atoms with Crippen LogP contribution in [0.3, 0.4) is 0 Å². The van der Waals surface area contributed by atoms with Gasteiger partial charge in [-0.3, -0.25) is 0 Å². The Morgan fingerprint density at radius 1 is 0.378 bits per heavy atom. The second-order valence-electron chi connectivity index (χ2n) is 9.58. The number of benzene rings is 4. The van der Waals surface area contributed by atoms with E-state index in [1.165, 1.54) is 0 Å². The van der Waals surface area contributed by atoms with Crippen LogP contribution < -0.4 is 20.9 Å². The van der Waals surface area contributed by atoms with Crippen LogP contribution >= 0.6 is 0 Å². The van der Waals surface area contributed by atoms with Crippen LogP contribution in [0.15, 0.2) is 84.9 Å². The van der Waals surface area contributed by atoms with E-state index in [-0.39, 0.29) is 11.4 Å². The number of anilines is 2. The fraction of sp³-hybridized carbons (Fsp3) is 0.172.